The fourth-order valence-corrected chi connectivity index (χ4v) is 3.17. The molecule has 0 aliphatic rings. The van der Waals surface area contributed by atoms with Gasteiger partial charge in [0.2, 0.25) is 0 Å². The summed E-state index contributed by atoms with van der Waals surface area (Å²) in [7, 11) is 0. The molecule has 4 aromatic rings. The molecule has 3 aromatic carbocycles. The molecule has 0 bridgehead atoms. The van der Waals surface area contributed by atoms with Gasteiger partial charge >= 0.3 is 0 Å². The molecule has 0 saturated carbocycles. The first-order valence-electron chi connectivity index (χ1n) is 8.18. The molecule has 0 atom stereocenters. The first-order valence-corrected chi connectivity index (χ1v) is 8.94. The topological polar surface area (TPSA) is 52.3 Å². The molecule has 0 N–H and O–H groups in total. The van der Waals surface area contributed by atoms with E-state index in [1.165, 1.54) is 17.3 Å². The summed E-state index contributed by atoms with van der Waals surface area (Å²) >= 11 is 12.2. The van der Waals surface area contributed by atoms with E-state index in [1.54, 1.807) is 18.3 Å². The zero-order chi connectivity index (χ0) is 18.6. The van der Waals surface area contributed by atoms with Crippen LogP contribution in [0, 0.1) is 0 Å². The smallest absolute Gasteiger partial charge is 0.141 e. The van der Waals surface area contributed by atoms with Crippen LogP contribution < -0.4 is 4.74 Å². The van der Waals surface area contributed by atoms with Crippen molar-refractivity contribution < 1.29 is 4.74 Å². The van der Waals surface area contributed by atoms with Crippen molar-refractivity contribution in [3.63, 3.8) is 0 Å². The molecule has 0 radical (unpaired) electrons. The van der Waals surface area contributed by atoms with Gasteiger partial charge in [0.25, 0.3) is 0 Å². The van der Waals surface area contributed by atoms with Gasteiger partial charge in [-0.05, 0) is 29.0 Å². The molecule has 4 rings (SSSR count). The zero-order valence-electron chi connectivity index (χ0n) is 14.1. The van der Waals surface area contributed by atoms with E-state index in [2.05, 4.69) is 15.3 Å². The molecule has 0 amide bonds. The van der Waals surface area contributed by atoms with Crippen LogP contribution in [-0.4, -0.2) is 21.1 Å². The molecule has 1 heterocycles. The van der Waals surface area contributed by atoms with E-state index < -0.39 is 0 Å². The average Bonchev–Trinajstić information content (AvgIpc) is 3.19. The summed E-state index contributed by atoms with van der Waals surface area (Å²) < 4.78 is 7.59. The second-order valence-corrected chi connectivity index (χ2v) is 6.65. The summed E-state index contributed by atoms with van der Waals surface area (Å²) in [5.74, 6) is 0.705. The second kappa shape index (κ2) is 7.78. The molecule has 0 spiro atoms. The van der Waals surface area contributed by atoms with Crippen molar-refractivity contribution in [1.29, 1.82) is 0 Å². The lowest BCUT2D eigenvalue weighted by Gasteiger charge is -2.12. The highest BCUT2D eigenvalue weighted by molar-refractivity contribution is 6.35. The van der Waals surface area contributed by atoms with Gasteiger partial charge in [0.1, 0.15) is 25.0 Å². The van der Waals surface area contributed by atoms with Crippen LogP contribution in [0.5, 0.6) is 5.75 Å². The molecule has 1 aromatic heterocycles. The Morgan fingerprint density at radius 1 is 1.00 bits per heavy atom. The maximum absolute atomic E-state index is 6.25. The molecule has 5 nitrogen and oxygen atoms in total. The molecule has 0 unspecified atom stereocenters. The van der Waals surface area contributed by atoms with Gasteiger partial charge in [-0.25, -0.2) is 4.68 Å². The number of rotatable bonds is 5. The van der Waals surface area contributed by atoms with Crippen LogP contribution in [0.25, 0.3) is 10.8 Å². The van der Waals surface area contributed by atoms with E-state index in [1.807, 2.05) is 42.5 Å². The van der Waals surface area contributed by atoms with Crippen LogP contribution in [0.3, 0.4) is 0 Å². The monoisotopic (exact) mass is 396 g/mol. The van der Waals surface area contributed by atoms with Crippen molar-refractivity contribution in [2.75, 3.05) is 0 Å². The maximum Gasteiger partial charge on any atom is 0.141 e. The van der Waals surface area contributed by atoms with E-state index in [4.69, 9.17) is 27.9 Å². The van der Waals surface area contributed by atoms with E-state index >= 15 is 0 Å². The predicted molar refractivity (Wildman–Crippen MR) is 108 cm³/mol. The van der Waals surface area contributed by atoms with E-state index in [-0.39, 0.29) is 0 Å². The highest BCUT2D eigenvalue weighted by Crippen LogP contribution is 2.29. The lowest BCUT2D eigenvalue weighted by atomic mass is 10.0. The third kappa shape index (κ3) is 3.94. The minimum atomic E-state index is 0.321. The van der Waals surface area contributed by atoms with Gasteiger partial charge in [0.15, 0.2) is 0 Å². The summed E-state index contributed by atoms with van der Waals surface area (Å²) in [5, 5.41) is 15.2. The Morgan fingerprint density at radius 3 is 2.63 bits per heavy atom. The van der Waals surface area contributed by atoms with Gasteiger partial charge < -0.3 is 4.74 Å². The fraction of sp³-hybridized carbons (Fsp3) is 0.0500. The fourth-order valence-electron chi connectivity index (χ4n) is 2.71. The predicted octanol–water partition coefficient (Wildman–Crippen LogP) is 5.20. The van der Waals surface area contributed by atoms with Crippen molar-refractivity contribution in [1.82, 2.24) is 14.9 Å². The third-order valence-corrected chi connectivity index (χ3v) is 4.64. The maximum atomic E-state index is 6.25. The number of halogens is 2. The second-order valence-electron chi connectivity index (χ2n) is 5.81. The van der Waals surface area contributed by atoms with Crippen molar-refractivity contribution in [2.45, 2.75) is 6.61 Å². The van der Waals surface area contributed by atoms with Gasteiger partial charge in [-0.2, -0.15) is 5.10 Å². The quantitative estimate of drug-likeness (QED) is 0.435. The number of aromatic nitrogens is 3. The van der Waals surface area contributed by atoms with E-state index in [0.717, 1.165) is 21.9 Å². The van der Waals surface area contributed by atoms with E-state index in [9.17, 15) is 0 Å². The van der Waals surface area contributed by atoms with Gasteiger partial charge in [-0.3, -0.25) is 0 Å². The first-order chi connectivity index (χ1) is 13.2. The lowest BCUT2D eigenvalue weighted by molar-refractivity contribution is 0.306. The summed E-state index contributed by atoms with van der Waals surface area (Å²) in [4.78, 5) is 0. The van der Waals surface area contributed by atoms with Crippen molar-refractivity contribution in [2.24, 2.45) is 5.10 Å². The molecule has 0 aliphatic carbocycles. The number of hydrogen-bond acceptors (Lipinski definition) is 4. The standard InChI is InChI=1S/C20H14Cl2N4O/c21-16-7-5-15(19(22)9-16)11-27-20-8-6-14-3-1-2-4-17(14)18(20)10-25-26-12-23-24-13-26/h1-10,12-13H,11H2/b25-10-. The Hall–Kier alpha value is -2.89. The normalized spacial score (nSPS) is 11.3. The van der Waals surface area contributed by atoms with Gasteiger partial charge in [-0.15, -0.1) is 10.2 Å². The number of nitrogens with zero attached hydrogens (tertiary/aromatic N) is 4. The van der Waals surface area contributed by atoms with Gasteiger partial charge in [0.05, 0.1) is 6.21 Å². The van der Waals surface area contributed by atoms with Crippen LogP contribution >= 0.6 is 23.2 Å². The lowest BCUT2D eigenvalue weighted by Crippen LogP contribution is -2.00. The number of benzene rings is 3. The first kappa shape index (κ1) is 17.5. The Balaban J connectivity index is 1.69. The number of fused-ring (bicyclic) bond motifs is 1. The number of hydrogen-bond donors (Lipinski definition) is 0. The zero-order valence-corrected chi connectivity index (χ0v) is 15.6. The Kier molecular flexibility index (Phi) is 5.05. The minimum Gasteiger partial charge on any atom is -0.488 e. The van der Waals surface area contributed by atoms with Gasteiger partial charge in [-0.1, -0.05) is 59.6 Å². The summed E-state index contributed by atoms with van der Waals surface area (Å²) in [6, 6.07) is 17.4. The summed E-state index contributed by atoms with van der Waals surface area (Å²) in [5.41, 5.74) is 1.72. The van der Waals surface area contributed by atoms with Crippen molar-refractivity contribution in [3.05, 3.63) is 88.4 Å². The van der Waals surface area contributed by atoms with Crippen LogP contribution in [0.4, 0.5) is 0 Å². The summed E-state index contributed by atoms with van der Waals surface area (Å²) in [6.45, 7) is 0.321. The molecular weight excluding hydrogens is 383 g/mol. The highest BCUT2D eigenvalue weighted by atomic mass is 35.5. The van der Waals surface area contributed by atoms with Gasteiger partial charge in [0, 0.05) is 21.2 Å². The molecule has 27 heavy (non-hydrogen) atoms. The largest absolute Gasteiger partial charge is 0.488 e. The van der Waals surface area contributed by atoms with Crippen LogP contribution in [0.15, 0.2) is 72.4 Å². The SMILES string of the molecule is Clc1ccc(COc2ccc3ccccc3c2/C=N\n2cnnc2)c(Cl)c1. The van der Waals surface area contributed by atoms with Crippen LogP contribution in [0.1, 0.15) is 11.1 Å². The summed E-state index contributed by atoms with van der Waals surface area (Å²) in [6.07, 6.45) is 4.79. The Bertz CT molecular complexity index is 1110. The highest BCUT2D eigenvalue weighted by Gasteiger charge is 2.09. The molecule has 0 fully saturated rings. The third-order valence-electron chi connectivity index (χ3n) is 4.06. The molecule has 134 valence electrons. The molecule has 0 saturated heterocycles. The van der Waals surface area contributed by atoms with Crippen LogP contribution in [-0.2, 0) is 6.61 Å². The molecule has 7 heteroatoms. The molecular formula is C20H14Cl2N4O. The van der Waals surface area contributed by atoms with Crippen molar-refractivity contribution in [3.8, 4) is 5.75 Å². The minimum absolute atomic E-state index is 0.321. The van der Waals surface area contributed by atoms with E-state index in [0.29, 0.717) is 22.4 Å². The Morgan fingerprint density at radius 2 is 1.81 bits per heavy atom. The van der Waals surface area contributed by atoms with Crippen molar-refractivity contribution >= 4 is 40.2 Å². The number of ether oxygens (including phenoxy) is 1. The average molecular weight is 397 g/mol. The Labute approximate surface area is 165 Å². The van der Waals surface area contributed by atoms with Crippen LogP contribution in [0.2, 0.25) is 10.0 Å². The molecule has 0 aliphatic heterocycles.